The van der Waals surface area contributed by atoms with Crippen LogP contribution in [0.15, 0.2) is 24.1 Å². The van der Waals surface area contributed by atoms with Crippen molar-refractivity contribution in [2.75, 3.05) is 6.61 Å². The van der Waals surface area contributed by atoms with Gasteiger partial charge in [-0.2, -0.15) is 0 Å². The van der Waals surface area contributed by atoms with E-state index in [4.69, 9.17) is 4.74 Å². The molecule has 2 nitrogen and oxygen atoms in total. The number of aryl methyl sites for hydroxylation is 2. The summed E-state index contributed by atoms with van der Waals surface area (Å²) in [7, 11) is 0. The summed E-state index contributed by atoms with van der Waals surface area (Å²) in [5.41, 5.74) is 3.60. The highest BCUT2D eigenvalue weighted by Gasteiger charge is 2.09. The Bertz CT molecular complexity index is 516. The molecule has 2 heterocycles. The summed E-state index contributed by atoms with van der Waals surface area (Å²) in [6.07, 6.45) is 2.74. The number of fused-ring (bicyclic) bond motifs is 1. The van der Waals surface area contributed by atoms with Gasteiger partial charge in [0, 0.05) is 6.07 Å². The van der Waals surface area contributed by atoms with Crippen molar-refractivity contribution < 1.29 is 4.74 Å². The quantitative estimate of drug-likeness (QED) is 0.751. The van der Waals surface area contributed by atoms with Crippen LogP contribution in [-0.2, 0) is 6.42 Å². The lowest BCUT2D eigenvalue weighted by Crippen LogP contribution is -1.97. The summed E-state index contributed by atoms with van der Waals surface area (Å²) in [4.78, 5) is 4.52. The Morgan fingerprint density at radius 3 is 3.06 bits per heavy atom. The Kier molecular flexibility index (Phi) is 3.25. The fraction of sp³-hybridized carbons (Fsp3) is 0.308. The number of rotatable bonds is 4. The third-order valence-electron chi connectivity index (χ3n) is 2.48. The fourth-order valence-electron chi connectivity index (χ4n) is 1.64. The van der Waals surface area contributed by atoms with E-state index in [2.05, 4.69) is 30.8 Å². The second-order valence-corrected chi connectivity index (χ2v) is 4.55. The zero-order valence-electron chi connectivity index (χ0n) is 9.62. The molecular weight excluding hydrogens is 218 g/mol. The Morgan fingerprint density at radius 2 is 2.38 bits per heavy atom. The molecule has 0 saturated carbocycles. The van der Waals surface area contributed by atoms with Crippen LogP contribution in [-0.4, -0.2) is 11.6 Å². The van der Waals surface area contributed by atoms with Crippen LogP contribution in [0.4, 0.5) is 0 Å². The Balaban J connectivity index is 2.52. The summed E-state index contributed by atoms with van der Waals surface area (Å²) >= 11 is 1.76. The molecular formula is C13H15NOS. The van der Waals surface area contributed by atoms with Crippen molar-refractivity contribution in [1.82, 2.24) is 4.98 Å². The maximum Gasteiger partial charge on any atom is 0.214 e. The second-order valence-electron chi connectivity index (χ2n) is 3.67. The van der Waals surface area contributed by atoms with Crippen LogP contribution in [0.5, 0.6) is 5.88 Å². The van der Waals surface area contributed by atoms with Gasteiger partial charge in [0.1, 0.15) is 6.61 Å². The summed E-state index contributed by atoms with van der Waals surface area (Å²) < 4.78 is 6.79. The Hall–Kier alpha value is -1.35. The van der Waals surface area contributed by atoms with Crippen molar-refractivity contribution >= 4 is 21.6 Å². The van der Waals surface area contributed by atoms with Gasteiger partial charge in [0.2, 0.25) is 5.88 Å². The molecule has 0 aliphatic carbocycles. The molecule has 0 spiro atoms. The van der Waals surface area contributed by atoms with Crippen molar-refractivity contribution in [3.8, 4) is 5.88 Å². The first-order valence-corrected chi connectivity index (χ1v) is 6.25. The van der Waals surface area contributed by atoms with Gasteiger partial charge in [-0.15, -0.1) is 11.3 Å². The van der Waals surface area contributed by atoms with E-state index < -0.39 is 0 Å². The number of nitrogens with zero attached hydrogens (tertiary/aromatic N) is 1. The van der Waals surface area contributed by atoms with E-state index in [1.165, 1.54) is 15.8 Å². The minimum absolute atomic E-state index is 0.505. The van der Waals surface area contributed by atoms with Gasteiger partial charge in [-0.25, -0.2) is 4.98 Å². The van der Waals surface area contributed by atoms with Crippen LogP contribution in [0, 0.1) is 6.92 Å². The molecule has 0 amide bonds. The first-order chi connectivity index (χ1) is 7.76. The summed E-state index contributed by atoms with van der Waals surface area (Å²) in [6, 6.07) is 2.03. The maximum absolute atomic E-state index is 5.51. The van der Waals surface area contributed by atoms with Crippen LogP contribution in [0.1, 0.15) is 18.1 Å². The van der Waals surface area contributed by atoms with Crippen molar-refractivity contribution in [1.29, 1.82) is 0 Å². The summed E-state index contributed by atoms with van der Waals surface area (Å²) in [6.45, 7) is 8.38. The molecule has 2 aromatic heterocycles. The van der Waals surface area contributed by atoms with Gasteiger partial charge in [0.25, 0.3) is 0 Å². The van der Waals surface area contributed by atoms with Crippen molar-refractivity contribution in [2.45, 2.75) is 20.3 Å². The van der Waals surface area contributed by atoms with Crippen LogP contribution < -0.4 is 4.74 Å². The lowest BCUT2D eigenvalue weighted by Gasteiger charge is -2.06. The summed E-state index contributed by atoms with van der Waals surface area (Å²) in [5, 5.41) is 2.15. The van der Waals surface area contributed by atoms with E-state index in [9.17, 15) is 0 Å². The molecule has 0 aliphatic rings. The van der Waals surface area contributed by atoms with Crippen LogP contribution in [0.25, 0.3) is 10.2 Å². The van der Waals surface area contributed by atoms with Crippen molar-refractivity contribution in [3.05, 3.63) is 35.2 Å². The molecule has 84 valence electrons. The Morgan fingerprint density at radius 1 is 1.56 bits per heavy atom. The summed E-state index contributed by atoms with van der Waals surface area (Å²) in [5.74, 6) is 0.700. The number of pyridine rings is 1. The minimum Gasteiger partial charge on any atom is -0.473 e. The second kappa shape index (κ2) is 4.66. The molecule has 0 aliphatic heterocycles. The third-order valence-corrected chi connectivity index (χ3v) is 3.65. The van der Waals surface area contributed by atoms with Crippen LogP contribution in [0.2, 0.25) is 0 Å². The zero-order valence-corrected chi connectivity index (χ0v) is 10.4. The van der Waals surface area contributed by atoms with E-state index in [1.54, 1.807) is 17.4 Å². The molecule has 0 N–H and O–H groups in total. The molecule has 0 atom stereocenters. The van der Waals surface area contributed by atoms with E-state index in [-0.39, 0.29) is 0 Å². The van der Waals surface area contributed by atoms with E-state index >= 15 is 0 Å². The van der Waals surface area contributed by atoms with E-state index in [1.807, 2.05) is 6.07 Å². The molecule has 0 unspecified atom stereocenters. The van der Waals surface area contributed by atoms with Gasteiger partial charge in [0.05, 0.1) is 10.2 Å². The monoisotopic (exact) mass is 233 g/mol. The smallest absolute Gasteiger partial charge is 0.214 e. The molecule has 0 bridgehead atoms. The molecule has 2 aromatic rings. The molecule has 0 aromatic carbocycles. The zero-order chi connectivity index (χ0) is 11.5. The van der Waals surface area contributed by atoms with Crippen molar-refractivity contribution in [3.63, 3.8) is 0 Å². The number of hydrogen-bond donors (Lipinski definition) is 0. The number of ether oxygens (including phenoxy) is 1. The lowest BCUT2D eigenvalue weighted by molar-refractivity contribution is 0.350. The van der Waals surface area contributed by atoms with Gasteiger partial charge >= 0.3 is 0 Å². The van der Waals surface area contributed by atoms with Crippen molar-refractivity contribution in [2.24, 2.45) is 0 Å². The van der Waals surface area contributed by atoms with Gasteiger partial charge in [-0.05, 0) is 29.9 Å². The normalized spacial score (nSPS) is 10.6. The molecule has 3 heteroatoms. The number of hydrogen-bond acceptors (Lipinski definition) is 3. The predicted molar refractivity (Wildman–Crippen MR) is 69.4 cm³/mol. The highest BCUT2D eigenvalue weighted by atomic mass is 32.1. The number of aromatic nitrogens is 1. The average Bonchev–Trinajstić information content (AvgIpc) is 2.68. The minimum atomic E-state index is 0.505. The van der Waals surface area contributed by atoms with E-state index in [0.717, 1.165) is 11.9 Å². The first kappa shape index (κ1) is 11.1. The average molecular weight is 233 g/mol. The van der Waals surface area contributed by atoms with Crippen LogP contribution in [0.3, 0.4) is 0 Å². The topological polar surface area (TPSA) is 22.1 Å². The first-order valence-electron chi connectivity index (χ1n) is 5.37. The largest absolute Gasteiger partial charge is 0.473 e. The molecule has 2 rings (SSSR count). The molecule has 0 saturated heterocycles. The van der Waals surface area contributed by atoms with Gasteiger partial charge in [-0.3, -0.25) is 0 Å². The third kappa shape index (κ3) is 1.95. The van der Waals surface area contributed by atoms with E-state index in [0.29, 0.717) is 12.5 Å². The molecule has 0 radical (unpaired) electrons. The van der Waals surface area contributed by atoms with Gasteiger partial charge in [0.15, 0.2) is 0 Å². The highest BCUT2D eigenvalue weighted by molar-refractivity contribution is 7.17. The standard InChI is InChI=1S/C13H15NOS/c1-4-6-15-11-7-10(5-2)13-12(14-11)9(3)8-16-13/h4,7-8H,1,5-6H2,2-3H3. The maximum atomic E-state index is 5.51. The molecule has 16 heavy (non-hydrogen) atoms. The highest BCUT2D eigenvalue weighted by Crippen LogP contribution is 2.30. The van der Waals surface area contributed by atoms with Gasteiger partial charge < -0.3 is 4.74 Å². The SMILES string of the molecule is C=CCOc1cc(CC)c2scc(C)c2n1. The fourth-order valence-corrected chi connectivity index (χ4v) is 2.72. The molecule has 0 fully saturated rings. The Labute approximate surface area is 99.6 Å². The number of thiophene rings is 1. The van der Waals surface area contributed by atoms with Gasteiger partial charge in [-0.1, -0.05) is 19.6 Å². The predicted octanol–water partition coefficient (Wildman–Crippen LogP) is 3.73. The van der Waals surface area contributed by atoms with Crippen LogP contribution >= 0.6 is 11.3 Å². The lowest BCUT2D eigenvalue weighted by atomic mass is 10.1.